The molecular weight excluding hydrogens is 350 g/mol. The van der Waals surface area contributed by atoms with Gasteiger partial charge in [-0.25, -0.2) is 4.99 Å². The van der Waals surface area contributed by atoms with E-state index in [-0.39, 0.29) is 12.0 Å². The average molecular weight is 380 g/mol. The molecule has 2 aromatic carbocycles. The third-order valence-corrected chi connectivity index (χ3v) is 5.10. The zero-order chi connectivity index (χ0) is 19.9. The Bertz CT molecular complexity index is 837. The molecule has 5 nitrogen and oxygen atoms in total. The first-order chi connectivity index (χ1) is 13.5. The Morgan fingerprint density at radius 3 is 2.57 bits per heavy atom. The van der Waals surface area contributed by atoms with Gasteiger partial charge in [-0.3, -0.25) is 10.1 Å². The molecule has 1 atom stereocenters. The largest absolute Gasteiger partial charge is 0.376 e. The number of ether oxygens (including phenoxy) is 1. The van der Waals surface area contributed by atoms with Crippen LogP contribution in [0.5, 0.6) is 0 Å². The topological polar surface area (TPSA) is 62.7 Å². The number of carbonyl (C=O) groups excluding carboxylic acids is 1. The highest BCUT2D eigenvalue weighted by molar-refractivity contribution is 6.10. The van der Waals surface area contributed by atoms with Crippen molar-refractivity contribution >= 4 is 17.6 Å². The molecule has 2 N–H and O–H groups in total. The molecule has 5 heteroatoms. The van der Waals surface area contributed by atoms with E-state index in [1.807, 2.05) is 44.2 Å². The van der Waals surface area contributed by atoms with E-state index < -0.39 is 0 Å². The lowest BCUT2D eigenvalue weighted by atomic mass is 10.1. The maximum absolute atomic E-state index is 12.7. The van der Waals surface area contributed by atoms with Gasteiger partial charge in [-0.2, -0.15) is 0 Å². The van der Waals surface area contributed by atoms with Crippen LogP contribution in [-0.4, -0.2) is 31.1 Å². The van der Waals surface area contributed by atoms with E-state index in [1.165, 1.54) is 5.56 Å². The van der Waals surface area contributed by atoms with E-state index in [9.17, 15) is 4.79 Å². The highest BCUT2D eigenvalue weighted by Crippen LogP contribution is 2.14. The van der Waals surface area contributed by atoms with Crippen molar-refractivity contribution in [3.63, 3.8) is 0 Å². The van der Waals surface area contributed by atoms with Gasteiger partial charge in [0.2, 0.25) is 5.96 Å². The van der Waals surface area contributed by atoms with Crippen LogP contribution in [0.4, 0.5) is 5.69 Å². The number of rotatable bonds is 5. The van der Waals surface area contributed by atoms with Crippen molar-refractivity contribution in [1.29, 1.82) is 0 Å². The summed E-state index contributed by atoms with van der Waals surface area (Å²) in [6.45, 7) is 7.48. The van der Waals surface area contributed by atoms with Gasteiger partial charge in [-0.1, -0.05) is 25.1 Å². The Kier molecular flexibility index (Phi) is 6.82. The predicted molar refractivity (Wildman–Crippen MR) is 114 cm³/mol. The summed E-state index contributed by atoms with van der Waals surface area (Å²) in [4.78, 5) is 17.3. The Balaban J connectivity index is 1.74. The van der Waals surface area contributed by atoms with Gasteiger partial charge in [-0.15, -0.1) is 0 Å². The monoisotopic (exact) mass is 379 g/mol. The Morgan fingerprint density at radius 1 is 1.14 bits per heavy atom. The van der Waals surface area contributed by atoms with Gasteiger partial charge in [-0.05, 0) is 74.1 Å². The van der Waals surface area contributed by atoms with Crippen molar-refractivity contribution in [3.05, 3.63) is 64.7 Å². The molecule has 0 spiro atoms. The minimum atomic E-state index is -0.174. The SMILES string of the molecule is CCc1ccc(NC(=NC[C@H]2CCCO2)NC(=O)c2ccc(C)c(C)c2)cc1. The number of amides is 1. The standard InChI is InChI=1S/C23H29N3O2/c1-4-18-8-11-20(12-9-18)25-23(24-15-21-6-5-13-28-21)26-22(27)19-10-7-16(2)17(3)14-19/h7-12,14,21H,4-6,13,15H2,1-3H3,(H2,24,25,26,27)/t21-/m1/s1. The molecule has 1 saturated heterocycles. The number of hydrogen-bond acceptors (Lipinski definition) is 3. The minimum absolute atomic E-state index is 0.123. The molecule has 0 aromatic heterocycles. The summed E-state index contributed by atoms with van der Waals surface area (Å²) in [7, 11) is 0. The van der Waals surface area contributed by atoms with Crippen molar-refractivity contribution in [2.24, 2.45) is 4.99 Å². The van der Waals surface area contributed by atoms with Gasteiger partial charge in [0.05, 0.1) is 12.6 Å². The number of hydrogen-bond donors (Lipinski definition) is 2. The van der Waals surface area contributed by atoms with Crippen LogP contribution in [-0.2, 0) is 11.2 Å². The highest BCUT2D eigenvalue weighted by atomic mass is 16.5. The summed E-state index contributed by atoms with van der Waals surface area (Å²) in [5.41, 5.74) is 5.04. The van der Waals surface area contributed by atoms with Gasteiger partial charge >= 0.3 is 0 Å². The third-order valence-electron chi connectivity index (χ3n) is 5.10. The molecule has 1 aliphatic heterocycles. The molecule has 1 amide bonds. The van der Waals surface area contributed by atoms with Crippen LogP contribution in [0.15, 0.2) is 47.5 Å². The van der Waals surface area contributed by atoms with Gasteiger partial charge in [0.1, 0.15) is 0 Å². The molecule has 0 bridgehead atoms. The summed E-state index contributed by atoms with van der Waals surface area (Å²) in [5, 5.41) is 6.17. The first-order valence-corrected chi connectivity index (χ1v) is 9.95. The van der Waals surface area contributed by atoms with Gasteiger partial charge in [0.25, 0.3) is 5.91 Å². The van der Waals surface area contributed by atoms with Crippen LogP contribution in [0.2, 0.25) is 0 Å². The zero-order valence-corrected chi connectivity index (χ0v) is 16.9. The van der Waals surface area contributed by atoms with Gasteiger partial charge < -0.3 is 10.1 Å². The van der Waals surface area contributed by atoms with E-state index in [1.54, 1.807) is 0 Å². The van der Waals surface area contributed by atoms with Crippen LogP contribution in [0.1, 0.15) is 46.8 Å². The van der Waals surface area contributed by atoms with Crippen LogP contribution < -0.4 is 10.6 Å². The second kappa shape index (κ2) is 9.51. The molecule has 1 fully saturated rings. The average Bonchev–Trinajstić information content (AvgIpc) is 3.22. The second-order valence-corrected chi connectivity index (χ2v) is 7.25. The molecule has 1 aliphatic rings. The summed E-state index contributed by atoms with van der Waals surface area (Å²) >= 11 is 0. The fourth-order valence-corrected chi connectivity index (χ4v) is 3.11. The van der Waals surface area contributed by atoms with Gasteiger partial charge in [0.15, 0.2) is 0 Å². The summed E-state index contributed by atoms with van der Waals surface area (Å²) in [5.74, 6) is 0.273. The smallest absolute Gasteiger partial charge is 0.257 e. The lowest BCUT2D eigenvalue weighted by Gasteiger charge is -2.14. The van der Waals surface area contributed by atoms with E-state index >= 15 is 0 Å². The Morgan fingerprint density at radius 2 is 1.93 bits per heavy atom. The van der Waals surface area contributed by atoms with Crippen molar-refractivity contribution in [2.45, 2.75) is 46.1 Å². The van der Waals surface area contributed by atoms with Crippen molar-refractivity contribution in [2.75, 3.05) is 18.5 Å². The van der Waals surface area contributed by atoms with E-state index in [4.69, 9.17) is 4.74 Å². The number of nitrogens with one attached hydrogen (secondary N) is 2. The van der Waals surface area contributed by atoms with Crippen molar-refractivity contribution < 1.29 is 9.53 Å². The lowest BCUT2D eigenvalue weighted by Crippen LogP contribution is -2.36. The molecule has 28 heavy (non-hydrogen) atoms. The summed E-state index contributed by atoms with van der Waals surface area (Å²) in [6.07, 6.45) is 3.19. The van der Waals surface area contributed by atoms with E-state index in [0.717, 1.165) is 42.7 Å². The number of guanidine groups is 1. The first-order valence-electron chi connectivity index (χ1n) is 9.95. The van der Waals surface area contributed by atoms with E-state index in [0.29, 0.717) is 18.1 Å². The Labute approximate surface area is 167 Å². The number of aliphatic imine (C=N–C) groups is 1. The molecule has 2 aromatic rings. The van der Waals surface area contributed by atoms with Crippen LogP contribution in [0.3, 0.4) is 0 Å². The highest BCUT2D eigenvalue weighted by Gasteiger charge is 2.16. The number of nitrogens with zero attached hydrogens (tertiary/aromatic N) is 1. The van der Waals surface area contributed by atoms with Crippen LogP contribution >= 0.6 is 0 Å². The van der Waals surface area contributed by atoms with Crippen molar-refractivity contribution in [3.8, 4) is 0 Å². The number of anilines is 1. The molecule has 0 unspecified atom stereocenters. The number of benzene rings is 2. The summed E-state index contributed by atoms with van der Waals surface area (Å²) in [6, 6.07) is 13.9. The molecular formula is C23H29N3O2. The van der Waals surface area contributed by atoms with Crippen LogP contribution in [0.25, 0.3) is 0 Å². The number of aryl methyl sites for hydroxylation is 3. The fourth-order valence-electron chi connectivity index (χ4n) is 3.11. The maximum Gasteiger partial charge on any atom is 0.257 e. The minimum Gasteiger partial charge on any atom is -0.376 e. The van der Waals surface area contributed by atoms with Crippen LogP contribution in [0, 0.1) is 13.8 Å². The second-order valence-electron chi connectivity index (χ2n) is 7.25. The maximum atomic E-state index is 12.7. The molecule has 3 rings (SSSR count). The molecule has 0 radical (unpaired) electrons. The Hall–Kier alpha value is -2.66. The molecule has 0 saturated carbocycles. The third kappa shape index (κ3) is 5.42. The quantitative estimate of drug-likeness (QED) is 0.603. The van der Waals surface area contributed by atoms with Crippen molar-refractivity contribution in [1.82, 2.24) is 5.32 Å². The molecule has 0 aliphatic carbocycles. The van der Waals surface area contributed by atoms with E-state index in [2.05, 4.69) is 34.7 Å². The summed E-state index contributed by atoms with van der Waals surface area (Å²) < 4.78 is 5.65. The molecule has 148 valence electrons. The normalized spacial score (nSPS) is 16.8. The first kappa shape index (κ1) is 20.1. The zero-order valence-electron chi connectivity index (χ0n) is 16.9. The fraction of sp³-hybridized carbons (Fsp3) is 0.391. The number of carbonyl (C=O) groups is 1. The van der Waals surface area contributed by atoms with Gasteiger partial charge in [0, 0.05) is 17.9 Å². The lowest BCUT2D eigenvalue weighted by molar-refractivity contribution is 0.0975. The predicted octanol–water partition coefficient (Wildman–Crippen LogP) is 4.24. The molecule has 1 heterocycles.